The molecule has 29 heavy (non-hydrogen) atoms. The van der Waals surface area contributed by atoms with Crippen LogP contribution in [0.25, 0.3) is 21.9 Å². The summed E-state index contributed by atoms with van der Waals surface area (Å²) in [5.74, 6) is 2.38. The lowest BCUT2D eigenvalue weighted by Crippen LogP contribution is -2.00. The number of phenols is 1. The molecule has 0 radical (unpaired) electrons. The first-order valence-electron chi connectivity index (χ1n) is 8.94. The number of ether oxygens (including phenoxy) is 5. The summed E-state index contributed by atoms with van der Waals surface area (Å²) in [6.45, 7) is 2.36. The third kappa shape index (κ3) is 3.04. The first kappa shape index (κ1) is 18.7. The lowest BCUT2D eigenvalue weighted by molar-refractivity contribution is -0.129. The van der Waals surface area contributed by atoms with E-state index < -0.39 is 0 Å². The number of carbonyl (C=O) groups is 1. The Hall–Kier alpha value is -3.61. The summed E-state index contributed by atoms with van der Waals surface area (Å²) in [5, 5.41) is 12.3. The first-order valence-corrected chi connectivity index (χ1v) is 8.94. The molecule has 0 amide bonds. The number of methoxy groups -OCH3 is 2. The number of aromatic hydroxyl groups is 1. The molecule has 1 N–H and O–H groups in total. The third-order valence-electron chi connectivity index (χ3n) is 5.12. The summed E-state index contributed by atoms with van der Waals surface area (Å²) in [5.41, 5.74) is 3.03. The minimum atomic E-state index is -0.0526. The fourth-order valence-electron chi connectivity index (χ4n) is 3.69. The normalized spacial score (nSPS) is 12.1. The highest BCUT2D eigenvalue weighted by Gasteiger charge is 2.22. The molecule has 7 nitrogen and oxygen atoms in total. The molecule has 0 unspecified atom stereocenters. The molecule has 0 saturated carbocycles. The number of hydrogen-bond donors (Lipinski definition) is 1. The molecule has 1 aliphatic rings. The summed E-state index contributed by atoms with van der Waals surface area (Å²) < 4.78 is 26.8. The summed E-state index contributed by atoms with van der Waals surface area (Å²) in [4.78, 5) is 10.8. The van der Waals surface area contributed by atoms with Crippen LogP contribution in [0.4, 0.5) is 0 Å². The van der Waals surface area contributed by atoms with Crippen molar-refractivity contribution in [2.45, 2.75) is 13.5 Å². The molecule has 0 bridgehead atoms. The molecule has 0 aromatic heterocycles. The highest BCUT2D eigenvalue weighted by molar-refractivity contribution is 6.04. The molecular weight excluding hydrogens is 376 g/mol. The number of benzene rings is 3. The zero-order valence-corrected chi connectivity index (χ0v) is 16.3. The van der Waals surface area contributed by atoms with E-state index in [0.717, 1.165) is 22.1 Å². The third-order valence-corrected chi connectivity index (χ3v) is 5.12. The molecular formula is C22H20O7. The lowest BCUT2D eigenvalue weighted by atomic mass is 9.89. The Kier molecular flexibility index (Phi) is 4.80. The Balaban J connectivity index is 2.06. The highest BCUT2D eigenvalue weighted by atomic mass is 16.7. The number of carbonyl (C=O) groups excluding carboxylic acids is 1. The number of fused-ring (bicyclic) bond motifs is 2. The van der Waals surface area contributed by atoms with E-state index in [1.54, 1.807) is 13.2 Å². The van der Waals surface area contributed by atoms with Gasteiger partial charge in [-0.25, -0.2) is 0 Å². The van der Waals surface area contributed by atoms with Gasteiger partial charge in [0.05, 0.1) is 14.2 Å². The van der Waals surface area contributed by atoms with Crippen LogP contribution in [0.15, 0.2) is 30.3 Å². The van der Waals surface area contributed by atoms with E-state index in [2.05, 4.69) is 0 Å². The van der Waals surface area contributed by atoms with E-state index in [1.165, 1.54) is 7.11 Å². The van der Waals surface area contributed by atoms with E-state index in [9.17, 15) is 9.90 Å². The standard InChI is InChI=1S/C22H20O7/c1-12-16(9-27-10-23)22(24)15-8-19(26-3)18(25-2)7-14(15)21(12)13-4-5-17-20(6-13)29-11-28-17/h4-8,10,24H,9,11H2,1-3H3. The van der Waals surface area contributed by atoms with Gasteiger partial charge in [-0.2, -0.15) is 0 Å². The van der Waals surface area contributed by atoms with Crippen molar-refractivity contribution in [2.24, 2.45) is 0 Å². The second-order valence-electron chi connectivity index (χ2n) is 6.56. The van der Waals surface area contributed by atoms with Crippen LogP contribution in [-0.2, 0) is 16.1 Å². The highest BCUT2D eigenvalue weighted by Crippen LogP contribution is 2.46. The van der Waals surface area contributed by atoms with Gasteiger partial charge in [0, 0.05) is 10.9 Å². The average molecular weight is 396 g/mol. The SMILES string of the molecule is COc1cc2c(O)c(COC=O)c(C)c(-c3ccc4c(c3)OCO4)c2cc1OC. The van der Waals surface area contributed by atoms with Crippen molar-refractivity contribution >= 4 is 17.2 Å². The largest absolute Gasteiger partial charge is 0.507 e. The van der Waals surface area contributed by atoms with Crippen molar-refractivity contribution in [3.63, 3.8) is 0 Å². The van der Waals surface area contributed by atoms with E-state index in [1.807, 2.05) is 31.2 Å². The predicted molar refractivity (Wildman–Crippen MR) is 106 cm³/mol. The van der Waals surface area contributed by atoms with Crippen LogP contribution in [0.2, 0.25) is 0 Å². The van der Waals surface area contributed by atoms with Crippen LogP contribution >= 0.6 is 0 Å². The Morgan fingerprint density at radius 3 is 2.41 bits per heavy atom. The number of hydrogen-bond acceptors (Lipinski definition) is 7. The van der Waals surface area contributed by atoms with Gasteiger partial charge in [0.2, 0.25) is 6.79 Å². The van der Waals surface area contributed by atoms with E-state index in [4.69, 9.17) is 23.7 Å². The van der Waals surface area contributed by atoms with Gasteiger partial charge in [0.15, 0.2) is 23.0 Å². The molecule has 3 aromatic rings. The van der Waals surface area contributed by atoms with Crippen molar-refractivity contribution in [1.29, 1.82) is 0 Å². The molecule has 0 aliphatic carbocycles. The number of rotatable bonds is 6. The van der Waals surface area contributed by atoms with Gasteiger partial charge in [-0.1, -0.05) is 6.07 Å². The monoisotopic (exact) mass is 396 g/mol. The minimum Gasteiger partial charge on any atom is -0.507 e. The van der Waals surface area contributed by atoms with Crippen LogP contribution in [0.3, 0.4) is 0 Å². The molecule has 0 atom stereocenters. The Labute approximate surface area is 167 Å². The van der Waals surface area contributed by atoms with Crippen molar-refractivity contribution in [3.8, 4) is 39.9 Å². The predicted octanol–water partition coefficient (Wildman–Crippen LogP) is 3.94. The second kappa shape index (κ2) is 7.43. The van der Waals surface area contributed by atoms with Gasteiger partial charge < -0.3 is 28.8 Å². The first-order chi connectivity index (χ1) is 14.1. The summed E-state index contributed by atoms with van der Waals surface area (Å²) in [7, 11) is 3.09. The zero-order valence-electron chi connectivity index (χ0n) is 16.3. The van der Waals surface area contributed by atoms with E-state index in [-0.39, 0.29) is 19.1 Å². The van der Waals surface area contributed by atoms with Gasteiger partial charge in [-0.15, -0.1) is 0 Å². The number of phenolic OH excluding ortho intramolecular Hbond substituents is 1. The summed E-state index contributed by atoms with van der Waals surface area (Å²) in [6, 6.07) is 9.20. The molecule has 4 rings (SSSR count). The van der Waals surface area contributed by atoms with Crippen LogP contribution in [0, 0.1) is 6.92 Å². The Bertz CT molecular complexity index is 1100. The maximum Gasteiger partial charge on any atom is 0.293 e. The van der Waals surface area contributed by atoms with Crippen LogP contribution < -0.4 is 18.9 Å². The van der Waals surface area contributed by atoms with E-state index >= 15 is 0 Å². The molecule has 0 fully saturated rings. The van der Waals surface area contributed by atoms with Gasteiger partial charge in [-0.3, -0.25) is 4.79 Å². The van der Waals surface area contributed by atoms with Gasteiger partial charge in [0.25, 0.3) is 6.47 Å². The van der Waals surface area contributed by atoms with Gasteiger partial charge in [-0.05, 0) is 53.3 Å². The Morgan fingerprint density at radius 1 is 1.03 bits per heavy atom. The molecule has 0 spiro atoms. The molecule has 7 heteroatoms. The fraction of sp³-hybridized carbons (Fsp3) is 0.227. The van der Waals surface area contributed by atoms with Crippen molar-refractivity contribution in [1.82, 2.24) is 0 Å². The maximum absolute atomic E-state index is 10.9. The Morgan fingerprint density at radius 2 is 1.72 bits per heavy atom. The fourth-order valence-corrected chi connectivity index (χ4v) is 3.69. The van der Waals surface area contributed by atoms with Crippen LogP contribution in [0.1, 0.15) is 11.1 Å². The van der Waals surface area contributed by atoms with Gasteiger partial charge >= 0.3 is 0 Å². The van der Waals surface area contributed by atoms with Crippen molar-refractivity contribution < 1.29 is 33.6 Å². The van der Waals surface area contributed by atoms with Crippen molar-refractivity contribution in [2.75, 3.05) is 21.0 Å². The molecule has 0 saturated heterocycles. The quantitative estimate of drug-likeness (QED) is 0.632. The molecule has 3 aromatic carbocycles. The average Bonchev–Trinajstić information content (AvgIpc) is 3.21. The smallest absolute Gasteiger partial charge is 0.293 e. The molecule has 1 aliphatic heterocycles. The molecule has 150 valence electrons. The zero-order chi connectivity index (χ0) is 20.5. The van der Waals surface area contributed by atoms with E-state index in [0.29, 0.717) is 40.4 Å². The summed E-state index contributed by atoms with van der Waals surface area (Å²) >= 11 is 0. The van der Waals surface area contributed by atoms with Crippen LogP contribution in [0.5, 0.6) is 28.7 Å². The van der Waals surface area contributed by atoms with Gasteiger partial charge in [0.1, 0.15) is 12.4 Å². The maximum atomic E-state index is 10.9. The topological polar surface area (TPSA) is 83.5 Å². The van der Waals surface area contributed by atoms with Crippen LogP contribution in [-0.4, -0.2) is 32.6 Å². The second-order valence-corrected chi connectivity index (χ2v) is 6.56. The van der Waals surface area contributed by atoms with Crippen molar-refractivity contribution in [3.05, 3.63) is 41.5 Å². The minimum absolute atomic E-state index is 0.0322. The molecule has 1 heterocycles. The summed E-state index contributed by atoms with van der Waals surface area (Å²) in [6.07, 6.45) is 0. The lowest BCUT2D eigenvalue weighted by Gasteiger charge is -2.19.